The summed E-state index contributed by atoms with van der Waals surface area (Å²) in [5, 5.41) is 1.14. The average Bonchev–Trinajstić information content (AvgIpc) is 2.83. The lowest BCUT2D eigenvalue weighted by atomic mass is 10.1. The second kappa shape index (κ2) is 5.06. The van der Waals surface area contributed by atoms with Crippen molar-refractivity contribution in [3.63, 3.8) is 0 Å². The number of para-hydroxylation sites is 1. The molecular formula is C16H18N4. The molecule has 0 saturated heterocycles. The van der Waals surface area contributed by atoms with Crippen molar-refractivity contribution in [3.8, 4) is 5.82 Å². The van der Waals surface area contributed by atoms with E-state index in [9.17, 15) is 0 Å². The van der Waals surface area contributed by atoms with Gasteiger partial charge < -0.3 is 5.73 Å². The maximum Gasteiger partial charge on any atom is 0.142 e. The van der Waals surface area contributed by atoms with Crippen molar-refractivity contribution >= 4 is 10.9 Å². The van der Waals surface area contributed by atoms with Gasteiger partial charge in [-0.25, -0.2) is 9.97 Å². The predicted molar refractivity (Wildman–Crippen MR) is 81.0 cm³/mol. The second-order valence-corrected chi connectivity index (χ2v) is 5.19. The van der Waals surface area contributed by atoms with Crippen molar-refractivity contribution < 1.29 is 0 Å². The highest BCUT2D eigenvalue weighted by Gasteiger charge is 2.12. The van der Waals surface area contributed by atoms with Gasteiger partial charge in [0.25, 0.3) is 0 Å². The van der Waals surface area contributed by atoms with Crippen molar-refractivity contribution in [1.29, 1.82) is 0 Å². The molecule has 1 unspecified atom stereocenters. The zero-order valence-corrected chi connectivity index (χ0v) is 11.7. The first-order valence-electron chi connectivity index (χ1n) is 6.79. The van der Waals surface area contributed by atoms with Crippen LogP contribution in [0, 0.1) is 6.92 Å². The molecule has 4 heteroatoms. The number of aromatic nitrogens is 3. The van der Waals surface area contributed by atoms with Gasteiger partial charge in [0, 0.05) is 23.8 Å². The van der Waals surface area contributed by atoms with Gasteiger partial charge in [0.1, 0.15) is 11.6 Å². The summed E-state index contributed by atoms with van der Waals surface area (Å²) >= 11 is 0. The Hall–Kier alpha value is -2.20. The van der Waals surface area contributed by atoms with Gasteiger partial charge in [0.15, 0.2) is 0 Å². The van der Waals surface area contributed by atoms with Crippen LogP contribution in [-0.4, -0.2) is 20.6 Å². The largest absolute Gasteiger partial charge is 0.328 e. The van der Waals surface area contributed by atoms with Crippen LogP contribution >= 0.6 is 0 Å². The minimum atomic E-state index is 0.0977. The Morgan fingerprint density at radius 2 is 2.10 bits per heavy atom. The maximum atomic E-state index is 5.98. The lowest BCUT2D eigenvalue weighted by molar-refractivity contribution is 0.729. The number of hydrogen-bond donors (Lipinski definition) is 1. The topological polar surface area (TPSA) is 56.7 Å². The summed E-state index contributed by atoms with van der Waals surface area (Å²) in [5.41, 5.74) is 8.12. The van der Waals surface area contributed by atoms with Gasteiger partial charge >= 0.3 is 0 Å². The van der Waals surface area contributed by atoms with E-state index in [4.69, 9.17) is 10.7 Å². The van der Waals surface area contributed by atoms with Gasteiger partial charge in [-0.2, -0.15) is 0 Å². The monoisotopic (exact) mass is 266 g/mol. The van der Waals surface area contributed by atoms with E-state index in [0.717, 1.165) is 34.5 Å². The van der Waals surface area contributed by atoms with E-state index in [2.05, 4.69) is 17.1 Å². The van der Waals surface area contributed by atoms with Crippen LogP contribution in [0.1, 0.15) is 18.3 Å². The standard InChI is InChI=1S/C16H18N4/c1-11(17)9-14-10-13-5-3-4-6-15(13)19-16(14)20-8-7-18-12(20)2/h3-8,10-11H,9,17H2,1-2H3. The van der Waals surface area contributed by atoms with E-state index in [1.165, 1.54) is 0 Å². The molecule has 20 heavy (non-hydrogen) atoms. The Balaban J connectivity index is 2.24. The first-order valence-corrected chi connectivity index (χ1v) is 6.79. The number of nitrogens with zero attached hydrogens (tertiary/aromatic N) is 3. The summed E-state index contributed by atoms with van der Waals surface area (Å²) in [6.45, 7) is 3.99. The molecule has 3 rings (SSSR count). The molecule has 0 saturated carbocycles. The second-order valence-electron chi connectivity index (χ2n) is 5.19. The molecule has 2 N–H and O–H groups in total. The summed E-state index contributed by atoms with van der Waals surface area (Å²) in [6.07, 6.45) is 4.53. The smallest absolute Gasteiger partial charge is 0.142 e. The number of benzene rings is 1. The van der Waals surface area contributed by atoms with Gasteiger partial charge in [-0.1, -0.05) is 18.2 Å². The Morgan fingerprint density at radius 1 is 1.30 bits per heavy atom. The number of imidazole rings is 1. The third-order valence-corrected chi connectivity index (χ3v) is 3.38. The lowest BCUT2D eigenvalue weighted by Crippen LogP contribution is -2.19. The van der Waals surface area contributed by atoms with Gasteiger partial charge in [-0.3, -0.25) is 4.57 Å². The van der Waals surface area contributed by atoms with Crippen molar-refractivity contribution in [2.45, 2.75) is 26.3 Å². The van der Waals surface area contributed by atoms with Gasteiger partial charge in [0.2, 0.25) is 0 Å². The van der Waals surface area contributed by atoms with Gasteiger partial charge in [-0.05, 0) is 38.0 Å². The number of hydrogen-bond acceptors (Lipinski definition) is 3. The third-order valence-electron chi connectivity index (χ3n) is 3.38. The maximum absolute atomic E-state index is 5.98. The van der Waals surface area contributed by atoms with Crippen LogP contribution in [0.4, 0.5) is 0 Å². The first-order chi connectivity index (χ1) is 9.65. The minimum Gasteiger partial charge on any atom is -0.328 e. The summed E-state index contributed by atoms with van der Waals surface area (Å²) in [6, 6.07) is 10.4. The molecule has 3 aromatic rings. The molecule has 0 radical (unpaired) electrons. The van der Waals surface area contributed by atoms with Crippen LogP contribution in [-0.2, 0) is 6.42 Å². The fourth-order valence-corrected chi connectivity index (χ4v) is 2.46. The van der Waals surface area contributed by atoms with Crippen molar-refractivity contribution in [2.24, 2.45) is 5.73 Å². The van der Waals surface area contributed by atoms with Crippen molar-refractivity contribution in [3.05, 3.63) is 54.1 Å². The van der Waals surface area contributed by atoms with Crippen molar-refractivity contribution in [2.75, 3.05) is 0 Å². The number of pyridine rings is 1. The quantitative estimate of drug-likeness (QED) is 0.792. The summed E-state index contributed by atoms with van der Waals surface area (Å²) in [7, 11) is 0. The van der Waals surface area contributed by atoms with E-state index < -0.39 is 0 Å². The van der Waals surface area contributed by atoms with Crippen LogP contribution in [0.2, 0.25) is 0 Å². The molecule has 102 valence electrons. The molecule has 0 aliphatic heterocycles. The Kier molecular flexibility index (Phi) is 3.24. The molecule has 2 aromatic heterocycles. The molecule has 1 aromatic carbocycles. The molecule has 1 atom stereocenters. The molecule has 0 fully saturated rings. The Bertz CT molecular complexity index is 743. The van der Waals surface area contributed by atoms with Gasteiger partial charge in [-0.15, -0.1) is 0 Å². The van der Waals surface area contributed by atoms with E-state index >= 15 is 0 Å². The average molecular weight is 266 g/mol. The molecular weight excluding hydrogens is 248 g/mol. The summed E-state index contributed by atoms with van der Waals surface area (Å²) in [4.78, 5) is 9.08. The zero-order chi connectivity index (χ0) is 14.1. The summed E-state index contributed by atoms with van der Waals surface area (Å²) in [5.74, 6) is 1.86. The Labute approximate surface area is 118 Å². The Morgan fingerprint density at radius 3 is 2.80 bits per heavy atom. The number of rotatable bonds is 3. The first kappa shape index (κ1) is 12.8. The fraction of sp³-hybridized carbons (Fsp3) is 0.250. The molecule has 0 aliphatic carbocycles. The number of aryl methyl sites for hydroxylation is 1. The van der Waals surface area contributed by atoms with Crippen LogP contribution in [0.15, 0.2) is 42.7 Å². The van der Waals surface area contributed by atoms with E-state index in [-0.39, 0.29) is 6.04 Å². The molecule has 0 bridgehead atoms. The van der Waals surface area contributed by atoms with Gasteiger partial charge in [0.05, 0.1) is 5.52 Å². The molecule has 0 spiro atoms. The molecule has 4 nitrogen and oxygen atoms in total. The van der Waals surface area contributed by atoms with E-state index in [1.54, 1.807) is 6.20 Å². The van der Waals surface area contributed by atoms with Crippen molar-refractivity contribution in [1.82, 2.24) is 14.5 Å². The highest BCUT2D eigenvalue weighted by atomic mass is 15.1. The van der Waals surface area contributed by atoms with Crippen LogP contribution in [0.5, 0.6) is 0 Å². The van der Waals surface area contributed by atoms with Crippen LogP contribution in [0.3, 0.4) is 0 Å². The number of nitrogens with two attached hydrogens (primary N) is 1. The van der Waals surface area contributed by atoms with E-state index in [1.807, 2.05) is 42.8 Å². The zero-order valence-electron chi connectivity index (χ0n) is 11.7. The SMILES string of the molecule is Cc1nccn1-c1nc2ccccc2cc1CC(C)N. The lowest BCUT2D eigenvalue weighted by Gasteiger charge is -2.14. The molecule has 0 aliphatic rings. The highest BCUT2D eigenvalue weighted by molar-refractivity contribution is 5.80. The highest BCUT2D eigenvalue weighted by Crippen LogP contribution is 2.21. The fourth-order valence-electron chi connectivity index (χ4n) is 2.46. The molecule has 0 amide bonds. The molecule has 2 heterocycles. The summed E-state index contributed by atoms with van der Waals surface area (Å²) < 4.78 is 2.02. The third kappa shape index (κ3) is 2.30. The van der Waals surface area contributed by atoms with E-state index in [0.29, 0.717) is 0 Å². The number of fused-ring (bicyclic) bond motifs is 1. The van der Waals surface area contributed by atoms with Crippen LogP contribution in [0.25, 0.3) is 16.7 Å². The predicted octanol–water partition coefficient (Wildman–Crippen LogP) is 2.62. The normalized spacial score (nSPS) is 12.8. The van der Waals surface area contributed by atoms with Crippen LogP contribution < -0.4 is 5.73 Å². The minimum absolute atomic E-state index is 0.0977.